The van der Waals surface area contributed by atoms with E-state index in [9.17, 15) is 9.90 Å². The molecule has 2 atom stereocenters. The highest BCUT2D eigenvalue weighted by atomic mass is 16.6. The molecule has 2 fully saturated rings. The lowest BCUT2D eigenvalue weighted by molar-refractivity contribution is -0.162. The summed E-state index contributed by atoms with van der Waals surface area (Å²) in [5.74, 6) is 1.17. The molecule has 166 valence electrons. The molecule has 1 saturated carbocycles. The van der Waals surface area contributed by atoms with Crippen LogP contribution in [-0.2, 0) is 22.4 Å². The van der Waals surface area contributed by atoms with E-state index in [4.69, 9.17) is 9.47 Å². The van der Waals surface area contributed by atoms with Crippen LogP contribution in [0.3, 0.4) is 0 Å². The van der Waals surface area contributed by atoms with Gasteiger partial charge in [-0.1, -0.05) is 60.4 Å². The maximum absolute atomic E-state index is 11.7. The molecule has 0 spiro atoms. The molecular formula is C27H34O4. The lowest BCUT2D eigenvalue weighted by Gasteiger charge is -2.27. The van der Waals surface area contributed by atoms with Crippen molar-refractivity contribution in [2.45, 2.75) is 83.3 Å². The number of aliphatic hydroxyl groups is 1. The van der Waals surface area contributed by atoms with E-state index in [0.29, 0.717) is 18.9 Å². The number of hydrogen-bond donors (Lipinski definition) is 1. The zero-order valence-corrected chi connectivity index (χ0v) is 18.7. The summed E-state index contributed by atoms with van der Waals surface area (Å²) in [4.78, 5) is 11.7. The first-order valence-corrected chi connectivity index (χ1v) is 11.7. The van der Waals surface area contributed by atoms with Crippen molar-refractivity contribution in [3.63, 3.8) is 0 Å². The van der Waals surface area contributed by atoms with Gasteiger partial charge in [0.1, 0.15) is 18.5 Å². The van der Waals surface area contributed by atoms with Crippen molar-refractivity contribution < 1.29 is 19.4 Å². The van der Waals surface area contributed by atoms with Crippen LogP contribution in [0, 0.1) is 13.8 Å². The Morgan fingerprint density at radius 2 is 1.77 bits per heavy atom. The Morgan fingerprint density at radius 1 is 1.03 bits per heavy atom. The number of cyclic esters (lactones) is 1. The van der Waals surface area contributed by atoms with Crippen LogP contribution in [-0.4, -0.2) is 29.9 Å². The summed E-state index contributed by atoms with van der Waals surface area (Å²) in [5, 5.41) is 9.94. The van der Waals surface area contributed by atoms with Crippen molar-refractivity contribution in [1.29, 1.82) is 0 Å². The minimum absolute atomic E-state index is 0.0795. The van der Waals surface area contributed by atoms with Gasteiger partial charge >= 0.3 is 5.97 Å². The second-order valence-electron chi connectivity index (χ2n) is 9.33. The Morgan fingerprint density at radius 3 is 2.48 bits per heavy atom. The molecule has 1 N–H and O–H groups in total. The van der Waals surface area contributed by atoms with E-state index in [1.165, 1.54) is 53.5 Å². The van der Waals surface area contributed by atoms with E-state index in [1.54, 1.807) is 0 Å². The van der Waals surface area contributed by atoms with Gasteiger partial charge in [-0.05, 0) is 62.1 Å². The zero-order valence-electron chi connectivity index (χ0n) is 18.7. The van der Waals surface area contributed by atoms with E-state index < -0.39 is 6.10 Å². The normalized spacial score (nSPS) is 21.8. The van der Waals surface area contributed by atoms with E-state index in [0.717, 1.165) is 18.6 Å². The fourth-order valence-electron chi connectivity index (χ4n) is 4.95. The summed E-state index contributed by atoms with van der Waals surface area (Å²) in [6, 6.07) is 13.2. The van der Waals surface area contributed by atoms with Crippen LogP contribution in [0.5, 0.6) is 5.75 Å². The number of rotatable bonds is 7. The summed E-state index contributed by atoms with van der Waals surface area (Å²) in [6.45, 7) is 4.57. The number of aliphatic hydroxyl groups excluding tert-OH is 1. The molecule has 4 heteroatoms. The third-order valence-electron chi connectivity index (χ3n) is 6.59. The maximum Gasteiger partial charge on any atom is 0.308 e. The van der Waals surface area contributed by atoms with E-state index in [1.807, 2.05) is 0 Å². The first-order valence-electron chi connectivity index (χ1n) is 11.7. The molecular weight excluding hydrogens is 388 g/mol. The van der Waals surface area contributed by atoms with E-state index in [2.05, 4.69) is 50.2 Å². The van der Waals surface area contributed by atoms with Crippen LogP contribution in [0.25, 0.3) is 0 Å². The largest absolute Gasteiger partial charge is 0.489 e. The summed E-state index contributed by atoms with van der Waals surface area (Å²) < 4.78 is 11.8. The molecule has 2 aliphatic rings. The minimum atomic E-state index is -0.636. The van der Waals surface area contributed by atoms with Crippen LogP contribution in [0.1, 0.15) is 72.3 Å². The molecule has 0 aromatic heterocycles. The molecule has 1 aliphatic carbocycles. The molecule has 2 aromatic rings. The fraction of sp³-hybridized carbons (Fsp3) is 0.519. The number of benzene rings is 2. The molecule has 0 radical (unpaired) electrons. The number of esters is 1. The summed E-state index contributed by atoms with van der Waals surface area (Å²) in [6.07, 6.45) is 6.30. The Bertz CT molecular complexity index is 896. The smallest absolute Gasteiger partial charge is 0.308 e. The van der Waals surface area contributed by atoms with Gasteiger partial charge < -0.3 is 14.6 Å². The van der Waals surface area contributed by atoms with Gasteiger partial charge in [0.25, 0.3) is 0 Å². The Labute approximate surface area is 185 Å². The van der Waals surface area contributed by atoms with E-state index >= 15 is 0 Å². The molecule has 4 rings (SSSR count). The van der Waals surface area contributed by atoms with Crippen molar-refractivity contribution in [1.82, 2.24) is 0 Å². The average molecular weight is 423 g/mol. The van der Waals surface area contributed by atoms with Crippen molar-refractivity contribution in [3.8, 4) is 5.75 Å². The molecule has 1 aliphatic heterocycles. The standard InChI is InChI=1S/C27H34O4/c1-18-7-9-20(10-8-18)11-12-22-13-19(2)14-25(21-5-3-4-6-21)27(22)30-17-24-15-23(28)16-26(29)31-24/h7-10,13-14,21,23-24,28H,3-6,11-12,15-17H2,1-2H3. The topological polar surface area (TPSA) is 55.8 Å². The fourth-order valence-corrected chi connectivity index (χ4v) is 4.95. The Balaban J connectivity index is 1.56. The average Bonchev–Trinajstić information content (AvgIpc) is 3.26. The SMILES string of the molecule is Cc1ccc(CCc2cc(C)cc(C3CCCC3)c2OCC2CC(O)CC(=O)O2)cc1. The number of carbonyl (C=O) groups excluding carboxylic acids is 1. The highest BCUT2D eigenvalue weighted by molar-refractivity contribution is 5.71. The monoisotopic (exact) mass is 422 g/mol. The lowest BCUT2D eigenvalue weighted by atomic mass is 9.90. The minimum Gasteiger partial charge on any atom is -0.489 e. The van der Waals surface area contributed by atoms with Gasteiger partial charge in [0.2, 0.25) is 0 Å². The molecule has 1 saturated heterocycles. The third-order valence-corrected chi connectivity index (χ3v) is 6.59. The third kappa shape index (κ3) is 5.68. The first kappa shape index (κ1) is 21.9. The molecule has 1 heterocycles. The molecule has 0 bridgehead atoms. The molecule has 31 heavy (non-hydrogen) atoms. The molecule has 2 unspecified atom stereocenters. The van der Waals surface area contributed by atoms with Crippen LogP contribution in [0.15, 0.2) is 36.4 Å². The maximum atomic E-state index is 11.7. The lowest BCUT2D eigenvalue weighted by Crippen LogP contribution is -2.36. The molecule has 0 amide bonds. The number of carbonyl (C=O) groups is 1. The predicted octanol–water partition coefficient (Wildman–Crippen LogP) is 5.19. The second-order valence-corrected chi connectivity index (χ2v) is 9.33. The van der Waals surface area contributed by atoms with Gasteiger partial charge in [0.05, 0.1) is 12.5 Å². The van der Waals surface area contributed by atoms with Gasteiger partial charge in [0, 0.05) is 6.42 Å². The number of aryl methyl sites for hydroxylation is 4. The number of hydrogen-bond acceptors (Lipinski definition) is 4. The second kappa shape index (κ2) is 9.86. The summed E-state index contributed by atoms with van der Waals surface area (Å²) in [5.41, 5.74) is 6.40. The van der Waals surface area contributed by atoms with Gasteiger partial charge in [-0.25, -0.2) is 0 Å². The van der Waals surface area contributed by atoms with Crippen molar-refractivity contribution >= 4 is 5.97 Å². The van der Waals surface area contributed by atoms with Crippen LogP contribution >= 0.6 is 0 Å². The zero-order chi connectivity index (χ0) is 21.8. The molecule has 2 aromatic carbocycles. The quantitative estimate of drug-likeness (QED) is 0.624. The van der Waals surface area contributed by atoms with E-state index in [-0.39, 0.29) is 18.5 Å². The van der Waals surface area contributed by atoms with Crippen LogP contribution in [0.2, 0.25) is 0 Å². The van der Waals surface area contributed by atoms with Gasteiger partial charge in [-0.15, -0.1) is 0 Å². The highest BCUT2D eigenvalue weighted by Crippen LogP contribution is 2.41. The Kier molecular flexibility index (Phi) is 6.96. The van der Waals surface area contributed by atoms with Crippen LogP contribution < -0.4 is 4.74 Å². The van der Waals surface area contributed by atoms with Crippen molar-refractivity contribution in [2.24, 2.45) is 0 Å². The summed E-state index contributed by atoms with van der Waals surface area (Å²) in [7, 11) is 0. The van der Waals surface area contributed by atoms with Gasteiger partial charge in [-0.3, -0.25) is 4.79 Å². The first-order chi connectivity index (χ1) is 15.0. The van der Waals surface area contributed by atoms with Crippen LogP contribution in [0.4, 0.5) is 0 Å². The number of ether oxygens (including phenoxy) is 2. The molecule has 4 nitrogen and oxygen atoms in total. The summed E-state index contributed by atoms with van der Waals surface area (Å²) >= 11 is 0. The van der Waals surface area contributed by atoms with Gasteiger partial charge in [-0.2, -0.15) is 0 Å². The predicted molar refractivity (Wildman–Crippen MR) is 122 cm³/mol. The van der Waals surface area contributed by atoms with Gasteiger partial charge in [0.15, 0.2) is 0 Å². The highest BCUT2D eigenvalue weighted by Gasteiger charge is 2.29. The Hall–Kier alpha value is -2.33. The van der Waals surface area contributed by atoms with Crippen molar-refractivity contribution in [2.75, 3.05) is 6.61 Å². The van der Waals surface area contributed by atoms with Crippen molar-refractivity contribution in [3.05, 3.63) is 64.2 Å².